The van der Waals surface area contributed by atoms with Gasteiger partial charge in [0.05, 0.1) is 0 Å². The number of carbonyl (C=O) groups is 2. The van der Waals surface area contributed by atoms with Gasteiger partial charge in [-0.25, -0.2) is 0 Å². The number of carbonyl (C=O) groups excluding carboxylic acids is 2. The zero-order valence-electron chi connectivity index (χ0n) is 8.30. The molecule has 1 aliphatic rings. The number of likely N-dealkylation sites (tertiary alicyclic amines) is 1. The van der Waals surface area contributed by atoms with Gasteiger partial charge in [0.25, 0.3) is 0 Å². The van der Waals surface area contributed by atoms with Gasteiger partial charge in [-0.05, 0) is 19.3 Å². The van der Waals surface area contributed by atoms with Crippen LogP contribution in [-0.4, -0.2) is 29.1 Å². The number of alkyl halides is 1. The van der Waals surface area contributed by atoms with Gasteiger partial charge in [-0.15, -0.1) is 11.6 Å². The van der Waals surface area contributed by atoms with E-state index in [1.165, 1.54) is 4.90 Å². The van der Waals surface area contributed by atoms with Crippen molar-refractivity contribution in [2.24, 2.45) is 0 Å². The van der Waals surface area contributed by atoms with Gasteiger partial charge in [0.15, 0.2) is 0 Å². The topological polar surface area (TPSA) is 37.4 Å². The van der Waals surface area contributed by atoms with Crippen molar-refractivity contribution in [1.29, 1.82) is 0 Å². The third-order valence-electron chi connectivity index (χ3n) is 2.40. The van der Waals surface area contributed by atoms with Crippen LogP contribution in [0.5, 0.6) is 0 Å². The van der Waals surface area contributed by atoms with Crippen LogP contribution in [0.4, 0.5) is 0 Å². The fourth-order valence-electron chi connectivity index (χ4n) is 1.60. The molecule has 1 fully saturated rings. The Morgan fingerprint density at radius 2 is 2.14 bits per heavy atom. The largest absolute Gasteiger partial charge is 0.283 e. The molecule has 2 amide bonds. The first-order chi connectivity index (χ1) is 6.75. The molecule has 1 rings (SSSR count). The van der Waals surface area contributed by atoms with Crippen LogP contribution in [0, 0.1) is 0 Å². The van der Waals surface area contributed by atoms with Gasteiger partial charge in [0, 0.05) is 25.3 Å². The van der Waals surface area contributed by atoms with Crippen molar-refractivity contribution < 1.29 is 9.59 Å². The maximum absolute atomic E-state index is 11.6. The molecule has 0 spiro atoms. The van der Waals surface area contributed by atoms with Crippen molar-refractivity contribution in [2.75, 3.05) is 12.4 Å². The molecule has 80 valence electrons. The van der Waals surface area contributed by atoms with Gasteiger partial charge < -0.3 is 0 Å². The number of hydrogen-bond acceptors (Lipinski definition) is 2. The lowest BCUT2D eigenvalue weighted by atomic mass is 10.2. The maximum Gasteiger partial charge on any atom is 0.229 e. The van der Waals surface area contributed by atoms with E-state index in [4.69, 9.17) is 11.6 Å². The number of halogens is 1. The summed E-state index contributed by atoms with van der Waals surface area (Å²) in [5, 5.41) is 0. The lowest BCUT2D eigenvalue weighted by molar-refractivity contribution is -0.144. The minimum atomic E-state index is -0.0578. The van der Waals surface area contributed by atoms with Gasteiger partial charge >= 0.3 is 0 Å². The number of nitrogens with zero attached hydrogens (tertiary/aromatic N) is 1. The van der Waals surface area contributed by atoms with Crippen molar-refractivity contribution in [3.8, 4) is 0 Å². The van der Waals surface area contributed by atoms with Gasteiger partial charge in [0.2, 0.25) is 11.8 Å². The van der Waals surface area contributed by atoms with E-state index in [9.17, 15) is 9.59 Å². The second-order valence-electron chi connectivity index (χ2n) is 3.54. The Labute approximate surface area is 89.4 Å². The van der Waals surface area contributed by atoms with E-state index >= 15 is 0 Å². The van der Waals surface area contributed by atoms with E-state index < -0.39 is 0 Å². The lowest BCUT2D eigenvalue weighted by Gasteiger charge is -2.17. The lowest BCUT2D eigenvalue weighted by Crippen LogP contribution is -2.36. The normalized spacial score (nSPS) is 18.1. The highest BCUT2D eigenvalue weighted by molar-refractivity contribution is 6.18. The first-order valence-electron chi connectivity index (χ1n) is 5.15. The predicted molar refractivity (Wildman–Crippen MR) is 55.1 cm³/mol. The highest BCUT2D eigenvalue weighted by Crippen LogP contribution is 2.12. The van der Waals surface area contributed by atoms with E-state index in [0.717, 1.165) is 19.3 Å². The molecule has 1 aliphatic heterocycles. The summed E-state index contributed by atoms with van der Waals surface area (Å²) >= 11 is 5.50. The Kier molecular flexibility index (Phi) is 4.94. The van der Waals surface area contributed by atoms with Crippen LogP contribution < -0.4 is 0 Å². The number of hydrogen-bond donors (Lipinski definition) is 0. The third kappa shape index (κ3) is 3.29. The zero-order chi connectivity index (χ0) is 10.4. The molecule has 0 aromatic rings. The molecule has 14 heavy (non-hydrogen) atoms. The summed E-state index contributed by atoms with van der Waals surface area (Å²) in [6.45, 7) is 0.597. The molecule has 0 aromatic heterocycles. The van der Waals surface area contributed by atoms with Gasteiger partial charge in [0.1, 0.15) is 0 Å². The van der Waals surface area contributed by atoms with Crippen LogP contribution in [0.3, 0.4) is 0 Å². The monoisotopic (exact) mass is 217 g/mol. The molecule has 0 radical (unpaired) electrons. The molecule has 0 atom stereocenters. The molecule has 0 aromatic carbocycles. The second-order valence-corrected chi connectivity index (χ2v) is 3.92. The zero-order valence-corrected chi connectivity index (χ0v) is 9.05. The number of amides is 2. The summed E-state index contributed by atoms with van der Waals surface area (Å²) in [6.07, 6.45) is 4.48. The summed E-state index contributed by atoms with van der Waals surface area (Å²) < 4.78 is 0. The van der Waals surface area contributed by atoms with Crippen molar-refractivity contribution >= 4 is 23.4 Å². The Morgan fingerprint density at radius 3 is 2.86 bits per heavy atom. The molecular formula is C10H16ClNO2. The van der Waals surface area contributed by atoms with Crippen LogP contribution in [0.15, 0.2) is 0 Å². The van der Waals surface area contributed by atoms with E-state index in [-0.39, 0.29) is 11.8 Å². The van der Waals surface area contributed by atoms with E-state index in [0.29, 0.717) is 31.7 Å². The smallest absolute Gasteiger partial charge is 0.229 e. The Bertz CT molecular complexity index is 218. The van der Waals surface area contributed by atoms with Crippen molar-refractivity contribution in [2.45, 2.75) is 38.5 Å². The van der Waals surface area contributed by atoms with Gasteiger partial charge in [-0.3, -0.25) is 14.5 Å². The van der Waals surface area contributed by atoms with Crippen molar-refractivity contribution in [3.05, 3.63) is 0 Å². The molecule has 0 aliphatic carbocycles. The van der Waals surface area contributed by atoms with Crippen molar-refractivity contribution in [1.82, 2.24) is 4.90 Å². The van der Waals surface area contributed by atoms with Gasteiger partial charge in [-0.1, -0.05) is 6.42 Å². The average molecular weight is 218 g/mol. The predicted octanol–water partition coefficient (Wildman–Crippen LogP) is 1.93. The van der Waals surface area contributed by atoms with Crippen LogP contribution in [0.2, 0.25) is 0 Å². The molecule has 3 nitrogen and oxygen atoms in total. The minimum Gasteiger partial charge on any atom is -0.283 e. The number of imide groups is 1. The Morgan fingerprint density at radius 1 is 1.36 bits per heavy atom. The summed E-state index contributed by atoms with van der Waals surface area (Å²) in [6, 6.07) is 0. The van der Waals surface area contributed by atoms with Crippen LogP contribution >= 0.6 is 11.6 Å². The van der Waals surface area contributed by atoms with E-state index in [1.807, 2.05) is 0 Å². The van der Waals surface area contributed by atoms with Crippen LogP contribution in [-0.2, 0) is 9.59 Å². The summed E-state index contributed by atoms with van der Waals surface area (Å²) in [5.41, 5.74) is 0. The van der Waals surface area contributed by atoms with E-state index in [2.05, 4.69) is 0 Å². The fraction of sp³-hybridized carbons (Fsp3) is 0.800. The van der Waals surface area contributed by atoms with Crippen molar-refractivity contribution in [3.63, 3.8) is 0 Å². The summed E-state index contributed by atoms with van der Waals surface area (Å²) in [7, 11) is 0. The maximum atomic E-state index is 11.6. The standard InChI is InChI=1S/C10H16ClNO2/c11-7-4-6-10(14)12-8-3-1-2-5-9(12)13/h1-8H2. The fourth-order valence-corrected chi connectivity index (χ4v) is 1.73. The quantitative estimate of drug-likeness (QED) is 0.678. The molecule has 0 N–H and O–H groups in total. The minimum absolute atomic E-state index is 0.0120. The Balaban J connectivity index is 2.46. The molecule has 1 saturated heterocycles. The molecular weight excluding hydrogens is 202 g/mol. The SMILES string of the molecule is O=C(CCCCl)N1CCCCCC1=O. The van der Waals surface area contributed by atoms with Crippen LogP contribution in [0.25, 0.3) is 0 Å². The highest BCUT2D eigenvalue weighted by atomic mass is 35.5. The summed E-state index contributed by atoms with van der Waals surface area (Å²) in [5.74, 6) is 0.410. The molecule has 1 heterocycles. The molecule has 0 saturated carbocycles. The first kappa shape index (κ1) is 11.5. The molecule has 0 unspecified atom stereocenters. The third-order valence-corrected chi connectivity index (χ3v) is 2.67. The van der Waals surface area contributed by atoms with E-state index in [1.54, 1.807) is 0 Å². The van der Waals surface area contributed by atoms with Gasteiger partial charge in [-0.2, -0.15) is 0 Å². The second kappa shape index (κ2) is 6.02. The first-order valence-corrected chi connectivity index (χ1v) is 5.68. The molecule has 4 heteroatoms. The average Bonchev–Trinajstić information content (AvgIpc) is 2.39. The number of rotatable bonds is 3. The van der Waals surface area contributed by atoms with Crippen LogP contribution in [0.1, 0.15) is 38.5 Å². The Hall–Kier alpha value is -0.570. The summed E-state index contributed by atoms with van der Waals surface area (Å²) in [4.78, 5) is 24.5. The highest BCUT2D eigenvalue weighted by Gasteiger charge is 2.21. The molecule has 0 bridgehead atoms.